The Hall–Kier alpha value is -3.09. The Morgan fingerprint density at radius 1 is 1.20 bits per heavy atom. The van der Waals surface area contributed by atoms with Gasteiger partial charge in [0, 0.05) is 11.1 Å². The molecule has 0 bridgehead atoms. The standard InChI is InChI=1S/C18H19N3O4/c1-18(2,3)17-21-13-8-12(4-5-14(13)25-17)20-15(22)9-19-16(23)11-6-7-24-10-11/h4-8,10H,9H2,1-3H3,(H,19,23)(H,20,22). The summed E-state index contributed by atoms with van der Waals surface area (Å²) in [5.41, 5.74) is 2.09. The number of fused-ring (bicyclic) bond motifs is 1. The molecule has 0 atom stereocenters. The molecule has 1 aromatic carbocycles. The van der Waals surface area contributed by atoms with E-state index in [1.54, 1.807) is 18.2 Å². The van der Waals surface area contributed by atoms with Crippen molar-refractivity contribution < 1.29 is 18.4 Å². The lowest BCUT2D eigenvalue weighted by molar-refractivity contribution is -0.115. The Kier molecular flexibility index (Phi) is 4.31. The third kappa shape index (κ3) is 3.88. The predicted octanol–water partition coefficient (Wildman–Crippen LogP) is 3.09. The number of hydrogen-bond acceptors (Lipinski definition) is 5. The summed E-state index contributed by atoms with van der Waals surface area (Å²) in [5, 5.41) is 5.25. The number of furan rings is 1. The number of oxazole rings is 1. The highest BCUT2D eigenvalue weighted by atomic mass is 16.3. The van der Waals surface area contributed by atoms with E-state index in [0.717, 1.165) is 0 Å². The zero-order valence-electron chi connectivity index (χ0n) is 14.3. The molecule has 0 saturated heterocycles. The summed E-state index contributed by atoms with van der Waals surface area (Å²) >= 11 is 0. The molecular weight excluding hydrogens is 322 g/mol. The first-order chi connectivity index (χ1) is 11.8. The number of nitrogens with zero attached hydrogens (tertiary/aromatic N) is 1. The molecule has 25 heavy (non-hydrogen) atoms. The molecule has 0 unspecified atom stereocenters. The van der Waals surface area contributed by atoms with Crippen molar-refractivity contribution in [2.45, 2.75) is 26.2 Å². The van der Waals surface area contributed by atoms with Crippen LogP contribution in [0.5, 0.6) is 0 Å². The number of anilines is 1. The number of rotatable bonds is 4. The molecule has 7 heteroatoms. The number of carbonyl (C=O) groups is 2. The van der Waals surface area contributed by atoms with Crippen molar-refractivity contribution in [1.29, 1.82) is 0 Å². The van der Waals surface area contributed by atoms with Crippen LogP contribution in [0.4, 0.5) is 5.69 Å². The van der Waals surface area contributed by atoms with Crippen molar-refractivity contribution in [3.63, 3.8) is 0 Å². The van der Waals surface area contributed by atoms with Gasteiger partial charge in [-0.05, 0) is 24.3 Å². The summed E-state index contributed by atoms with van der Waals surface area (Å²) in [6.07, 6.45) is 2.71. The molecule has 0 aliphatic heterocycles. The smallest absolute Gasteiger partial charge is 0.254 e. The van der Waals surface area contributed by atoms with Crippen LogP contribution in [0, 0.1) is 0 Å². The molecule has 0 spiro atoms. The third-order valence-electron chi connectivity index (χ3n) is 3.51. The molecule has 2 aromatic heterocycles. The number of aromatic nitrogens is 1. The van der Waals surface area contributed by atoms with E-state index in [1.807, 2.05) is 20.8 Å². The summed E-state index contributed by atoms with van der Waals surface area (Å²) in [4.78, 5) is 28.2. The first-order valence-electron chi connectivity index (χ1n) is 7.84. The molecule has 0 radical (unpaired) electrons. The zero-order valence-corrected chi connectivity index (χ0v) is 14.3. The van der Waals surface area contributed by atoms with Crippen molar-refractivity contribution >= 4 is 28.6 Å². The minimum absolute atomic E-state index is 0.145. The normalized spacial score (nSPS) is 11.5. The third-order valence-corrected chi connectivity index (χ3v) is 3.51. The Labute approximate surface area is 144 Å². The summed E-state index contributed by atoms with van der Waals surface area (Å²) in [6, 6.07) is 6.76. The zero-order chi connectivity index (χ0) is 18.0. The van der Waals surface area contributed by atoms with E-state index in [0.29, 0.717) is 28.2 Å². The van der Waals surface area contributed by atoms with Gasteiger partial charge in [0.1, 0.15) is 11.8 Å². The maximum absolute atomic E-state index is 12.0. The van der Waals surface area contributed by atoms with Gasteiger partial charge in [0.25, 0.3) is 5.91 Å². The van der Waals surface area contributed by atoms with Gasteiger partial charge in [-0.2, -0.15) is 0 Å². The maximum atomic E-state index is 12.0. The van der Waals surface area contributed by atoms with Crippen LogP contribution in [0.1, 0.15) is 37.0 Å². The van der Waals surface area contributed by atoms with E-state index in [4.69, 9.17) is 8.83 Å². The summed E-state index contributed by atoms with van der Waals surface area (Å²) < 4.78 is 10.6. The van der Waals surface area contributed by atoms with Gasteiger partial charge in [-0.15, -0.1) is 0 Å². The largest absolute Gasteiger partial charge is 0.472 e. The van der Waals surface area contributed by atoms with E-state index in [1.165, 1.54) is 18.6 Å². The molecule has 2 heterocycles. The van der Waals surface area contributed by atoms with Crippen molar-refractivity contribution in [3.05, 3.63) is 48.2 Å². The molecule has 2 N–H and O–H groups in total. The molecular formula is C18H19N3O4. The number of carbonyl (C=O) groups excluding carboxylic acids is 2. The van der Waals surface area contributed by atoms with Crippen LogP contribution >= 0.6 is 0 Å². The first-order valence-corrected chi connectivity index (χ1v) is 7.84. The van der Waals surface area contributed by atoms with Crippen molar-refractivity contribution in [1.82, 2.24) is 10.3 Å². The van der Waals surface area contributed by atoms with E-state index >= 15 is 0 Å². The Balaban J connectivity index is 1.64. The molecule has 130 valence electrons. The summed E-state index contributed by atoms with van der Waals surface area (Å²) in [6.45, 7) is 5.91. The van der Waals surface area contributed by atoms with Crippen molar-refractivity contribution in [3.8, 4) is 0 Å². The summed E-state index contributed by atoms with van der Waals surface area (Å²) in [5.74, 6) is -0.0697. The van der Waals surface area contributed by atoms with Gasteiger partial charge in [-0.25, -0.2) is 4.98 Å². The van der Waals surface area contributed by atoms with Crippen LogP contribution < -0.4 is 10.6 Å². The molecule has 0 aliphatic rings. The van der Waals surface area contributed by atoms with Gasteiger partial charge in [0.05, 0.1) is 18.4 Å². The quantitative estimate of drug-likeness (QED) is 0.760. The number of hydrogen-bond donors (Lipinski definition) is 2. The van der Waals surface area contributed by atoms with Crippen molar-refractivity contribution in [2.75, 3.05) is 11.9 Å². The minimum atomic E-state index is -0.370. The van der Waals surface area contributed by atoms with E-state index in [-0.39, 0.29) is 23.8 Å². The molecule has 7 nitrogen and oxygen atoms in total. The number of amides is 2. The second-order valence-corrected chi connectivity index (χ2v) is 6.69. The number of nitrogens with one attached hydrogen (secondary N) is 2. The van der Waals surface area contributed by atoms with E-state index in [2.05, 4.69) is 15.6 Å². The van der Waals surface area contributed by atoms with Crippen LogP contribution in [0.3, 0.4) is 0 Å². The monoisotopic (exact) mass is 341 g/mol. The van der Waals surface area contributed by atoms with Gasteiger partial charge in [-0.1, -0.05) is 20.8 Å². The summed E-state index contributed by atoms with van der Waals surface area (Å²) in [7, 11) is 0. The van der Waals surface area contributed by atoms with E-state index < -0.39 is 0 Å². The van der Waals surface area contributed by atoms with Gasteiger partial charge in [-0.3, -0.25) is 9.59 Å². The molecule has 3 rings (SSSR count). The molecule has 0 saturated carbocycles. The minimum Gasteiger partial charge on any atom is -0.472 e. The molecule has 0 fully saturated rings. The van der Waals surface area contributed by atoms with Crippen molar-refractivity contribution in [2.24, 2.45) is 0 Å². The SMILES string of the molecule is CC(C)(C)c1nc2cc(NC(=O)CNC(=O)c3ccoc3)ccc2o1. The average molecular weight is 341 g/mol. The van der Waals surface area contributed by atoms with Crippen LogP contribution in [0.25, 0.3) is 11.1 Å². The fourth-order valence-electron chi connectivity index (χ4n) is 2.19. The molecule has 0 aliphatic carbocycles. The average Bonchev–Trinajstić information content (AvgIpc) is 3.20. The Morgan fingerprint density at radius 3 is 2.68 bits per heavy atom. The first kappa shape index (κ1) is 16.8. The van der Waals surface area contributed by atoms with Gasteiger partial charge < -0.3 is 19.5 Å². The van der Waals surface area contributed by atoms with E-state index in [9.17, 15) is 9.59 Å². The molecule has 2 amide bonds. The van der Waals surface area contributed by atoms with Crippen LogP contribution in [-0.2, 0) is 10.2 Å². The Morgan fingerprint density at radius 2 is 2.00 bits per heavy atom. The highest BCUT2D eigenvalue weighted by Crippen LogP contribution is 2.27. The topological polar surface area (TPSA) is 97.4 Å². The predicted molar refractivity (Wildman–Crippen MR) is 92.4 cm³/mol. The van der Waals surface area contributed by atoms with Gasteiger partial charge >= 0.3 is 0 Å². The molecule has 3 aromatic rings. The fourth-order valence-corrected chi connectivity index (χ4v) is 2.19. The van der Waals surface area contributed by atoms with Crippen LogP contribution in [0.15, 0.2) is 45.6 Å². The lowest BCUT2D eigenvalue weighted by Crippen LogP contribution is -2.32. The fraction of sp³-hybridized carbons (Fsp3) is 0.278. The second kappa shape index (κ2) is 6.43. The lowest BCUT2D eigenvalue weighted by atomic mass is 9.97. The van der Waals surface area contributed by atoms with Crippen LogP contribution in [-0.4, -0.2) is 23.3 Å². The highest BCUT2D eigenvalue weighted by molar-refractivity contribution is 5.99. The van der Waals surface area contributed by atoms with Crippen LogP contribution in [0.2, 0.25) is 0 Å². The number of benzene rings is 1. The highest BCUT2D eigenvalue weighted by Gasteiger charge is 2.21. The second-order valence-electron chi connectivity index (χ2n) is 6.69. The van der Waals surface area contributed by atoms with Gasteiger partial charge in [0.15, 0.2) is 5.58 Å². The van der Waals surface area contributed by atoms with Gasteiger partial charge in [0.2, 0.25) is 11.8 Å². The lowest BCUT2D eigenvalue weighted by Gasteiger charge is -2.11. The Bertz CT molecular complexity index is 904. The maximum Gasteiger partial charge on any atom is 0.254 e.